The van der Waals surface area contributed by atoms with E-state index in [0.717, 1.165) is 41.8 Å². The third-order valence-corrected chi connectivity index (χ3v) is 5.79. The van der Waals surface area contributed by atoms with Gasteiger partial charge < -0.3 is 10.2 Å². The average Bonchev–Trinajstić information content (AvgIpc) is 2.56. The fraction of sp³-hybridized carbons (Fsp3) is 0.550. The number of fused-ring (bicyclic) bond motifs is 3. The van der Waals surface area contributed by atoms with E-state index in [-0.39, 0.29) is 0 Å². The lowest BCUT2D eigenvalue weighted by Gasteiger charge is -2.39. The average molecular weight is 373 g/mol. The van der Waals surface area contributed by atoms with Crippen molar-refractivity contribution in [3.05, 3.63) is 28.8 Å². The fourth-order valence-electron chi connectivity index (χ4n) is 4.37. The van der Waals surface area contributed by atoms with Crippen LogP contribution in [0.4, 0.5) is 5.69 Å². The molecule has 3 aliphatic heterocycles. The standard InChI is InChI=1S/C20H27ClN5/c1-12-9-26(10-13(2)22-12)20-19-14(3)16(11-25(4)24-19)7-15-8-17(21)5-6-18(15)23-20/h5-6,8,11-14,16,22H,7,9-10H2,1-4H3/q+1. The Bertz CT molecular complexity index is 802. The smallest absolute Gasteiger partial charge is 0.176 e. The molecule has 1 aromatic rings. The molecule has 0 aromatic heterocycles. The zero-order valence-corrected chi connectivity index (χ0v) is 16.7. The van der Waals surface area contributed by atoms with Crippen molar-refractivity contribution in [1.82, 2.24) is 10.2 Å². The van der Waals surface area contributed by atoms with Gasteiger partial charge in [-0.15, -0.1) is 0 Å². The highest BCUT2D eigenvalue weighted by molar-refractivity contribution is 6.42. The molecule has 0 amide bonds. The number of nitrogens with one attached hydrogen (secondary N) is 1. The molecule has 2 bridgehead atoms. The molecule has 0 spiro atoms. The largest absolute Gasteiger partial charge is 0.352 e. The molecule has 0 saturated carbocycles. The van der Waals surface area contributed by atoms with Gasteiger partial charge in [-0.2, -0.15) is 0 Å². The minimum atomic E-state index is 0.331. The van der Waals surface area contributed by atoms with Crippen LogP contribution in [-0.4, -0.2) is 59.6 Å². The summed E-state index contributed by atoms with van der Waals surface area (Å²) in [6.45, 7) is 8.61. The summed E-state index contributed by atoms with van der Waals surface area (Å²) in [5, 5.41) is 9.24. The van der Waals surface area contributed by atoms with E-state index in [2.05, 4.69) is 43.3 Å². The first-order valence-corrected chi connectivity index (χ1v) is 9.83. The molecule has 26 heavy (non-hydrogen) atoms. The van der Waals surface area contributed by atoms with Crippen LogP contribution in [-0.2, 0) is 6.42 Å². The lowest BCUT2D eigenvalue weighted by atomic mass is 9.82. The van der Waals surface area contributed by atoms with E-state index in [9.17, 15) is 0 Å². The van der Waals surface area contributed by atoms with Gasteiger partial charge in [0.2, 0.25) is 0 Å². The van der Waals surface area contributed by atoms with Crippen LogP contribution in [0.15, 0.2) is 28.3 Å². The molecule has 4 atom stereocenters. The Kier molecular flexibility index (Phi) is 4.61. The van der Waals surface area contributed by atoms with E-state index in [1.165, 1.54) is 5.56 Å². The Morgan fingerprint density at radius 3 is 2.65 bits per heavy atom. The van der Waals surface area contributed by atoms with Gasteiger partial charge in [-0.25, -0.2) is 4.99 Å². The molecule has 4 unspecified atom stereocenters. The first-order valence-electron chi connectivity index (χ1n) is 9.45. The van der Waals surface area contributed by atoms with Gasteiger partial charge in [0.15, 0.2) is 24.8 Å². The van der Waals surface area contributed by atoms with Crippen molar-refractivity contribution < 1.29 is 4.68 Å². The van der Waals surface area contributed by atoms with Crippen molar-refractivity contribution >= 4 is 35.1 Å². The number of benzene rings is 1. The number of hydrogen-bond acceptors (Lipinski definition) is 4. The highest BCUT2D eigenvalue weighted by atomic mass is 35.5. The van der Waals surface area contributed by atoms with Crippen LogP contribution in [0.25, 0.3) is 0 Å². The number of piperazine rings is 1. The van der Waals surface area contributed by atoms with Gasteiger partial charge >= 0.3 is 0 Å². The van der Waals surface area contributed by atoms with Crippen molar-refractivity contribution in [1.29, 1.82) is 0 Å². The van der Waals surface area contributed by atoms with Crippen molar-refractivity contribution in [3.8, 4) is 0 Å². The number of hydrogen-bond donors (Lipinski definition) is 1. The minimum Gasteiger partial charge on any atom is -0.352 e. The van der Waals surface area contributed by atoms with Gasteiger partial charge in [-0.1, -0.05) is 23.2 Å². The second-order valence-corrected chi connectivity index (χ2v) is 8.38. The number of amidine groups is 1. The molecular formula is C20H27ClN5+. The maximum Gasteiger partial charge on any atom is 0.176 e. The van der Waals surface area contributed by atoms with Crippen LogP contribution in [0.5, 0.6) is 0 Å². The number of aliphatic imine (C=N–C) groups is 1. The summed E-state index contributed by atoms with van der Waals surface area (Å²) in [6, 6.07) is 6.90. The molecule has 1 aromatic carbocycles. The van der Waals surface area contributed by atoms with Crippen LogP contribution in [0, 0.1) is 11.8 Å². The zero-order chi connectivity index (χ0) is 18.4. The van der Waals surface area contributed by atoms with E-state index in [0.29, 0.717) is 23.9 Å². The summed E-state index contributed by atoms with van der Waals surface area (Å²) < 4.78 is 1.96. The van der Waals surface area contributed by atoms with Crippen molar-refractivity contribution in [2.45, 2.75) is 39.3 Å². The SMILES string of the molecule is CC1CN(C2=Nc3ccc(Cl)cc3CC3C=[N+](C)N=C2C3C)CC(C)N1. The van der Waals surface area contributed by atoms with Gasteiger partial charge in [0.05, 0.1) is 11.6 Å². The molecule has 5 nitrogen and oxygen atoms in total. The number of nitrogens with zero attached hydrogens (tertiary/aromatic N) is 4. The van der Waals surface area contributed by atoms with E-state index in [1.54, 1.807) is 0 Å². The molecule has 138 valence electrons. The highest BCUT2D eigenvalue weighted by Crippen LogP contribution is 2.33. The van der Waals surface area contributed by atoms with Crippen molar-refractivity contribution in [3.63, 3.8) is 0 Å². The first kappa shape index (κ1) is 17.7. The highest BCUT2D eigenvalue weighted by Gasteiger charge is 2.38. The van der Waals surface area contributed by atoms with Crippen LogP contribution in [0.2, 0.25) is 5.02 Å². The summed E-state index contributed by atoms with van der Waals surface area (Å²) in [7, 11) is 2.01. The lowest BCUT2D eigenvalue weighted by molar-refractivity contribution is -0.502. The van der Waals surface area contributed by atoms with E-state index in [4.69, 9.17) is 21.7 Å². The number of hydrazone groups is 1. The predicted octanol–water partition coefficient (Wildman–Crippen LogP) is 2.94. The van der Waals surface area contributed by atoms with Gasteiger partial charge in [0.25, 0.3) is 0 Å². The summed E-state index contributed by atoms with van der Waals surface area (Å²) >= 11 is 6.28. The predicted molar refractivity (Wildman–Crippen MR) is 108 cm³/mol. The third-order valence-electron chi connectivity index (χ3n) is 5.56. The van der Waals surface area contributed by atoms with Crippen LogP contribution < -0.4 is 5.32 Å². The van der Waals surface area contributed by atoms with E-state index in [1.807, 2.05) is 23.9 Å². The summed E-state index contributed by atoms with van der Waals surface area (Å²) in [5.41, 5.74) is 3.33. The Morgan fingerprint density at radius 2 is 1.92 bits per heavy atom. The third kappa shape index (κ3) is 3.30. The zero-order valence-electron chi connectivity index (χ0n) is 15.9. The lowest BCUT2D eigenvalue weighted by Crippen LogP contribution is -2.58. The molecule has 3 aliphatic rings. The number of rotatable bonds is 0. The molecule has 1 N–H and O–H groups in total. The van der Waals surface area contributed by atoms with E-state index >= 15 is 0 Å². The van der Waals surface area contributed by atoms with Crippen LogP contribution >= 0.6 is 11.6 Å². The number of halogens is 1. The molecule has 0 radical (unpaired) electrons. The Morgan fingerprint density at radius 1 is 1.19 bits per heavy atom. The minimum absolute atomic E-state index is 0.331. The molecule has 0 aliphatic carbocycles. The quantitative estimate of drug-likeness (QED) is 0.711. The Hall–Kier alpha value is -1.72. The Labute approximate surface area is 160 Å². The van der Waals surface area contributed by atoms with Crippen LogP contribution in [0.1, 0.15) is 26.3 Å². The normalized spacial score (nSPS) is 31.3. The van der Waals surface area contributed by atoms with Gasteiger partial charge in [0.1, 0.15) is 0 Å². The molecule has 1 saturated heterocycles. The summed E-state index contributed by atoms with van der Waals surface area (Å²) in [5.74, 6) is 1.75. The summed E-state index contributed by atoms with van der Waals surface area (Å²) in [4.78, 5) is 7.53. The second-order valence-electron chi connectivity index (χ2n) is 7.95. The van der Waals surface area contributed by atoms with Crippen molar-refractivity contribution in [2.24, 2.45) is 21.9 Å². The monoisotopic (exact) mass is 372 g/mol. The first-order chi connectivity index (χ1) is 12.4. The van der Waals surface area contributed by atoms with Gasteiger partial charge in [-0.05, 0) is 49.1 Å². The molecule has 1 fully saturated rings. The maximum absolute atomic E-state index is 6.28. The molecule has 6 heteroatoms. The fourth-order valence-corrected chi connectivity index (χ4v) is 4.56. The second kappa shape index (κ2) is 6.78. The summed E-state index contributed by atoms with van der Waals surface area (Å²) in [6.07, 6.45) is 3.16. The van der Waals surface area contributed by atoms with Gasteiger partial charge in [0, 0.05) is 36.1 Å². The van der Waals surface area contributed by atoms with Crippen molar-refractivity contribution in [2.75, 3.05) is 20.1 Å². The van der Waals surface area contributed by atoms with Gasteiger partial charge in [-0.3, -0.25) is 0 Å². The maximum atomic E-state index is 6.28. The van der Waals surface area contributed by atoms with Crippen LogP contribution in [0.3, 0.4) is 0 Å². The molecule has 4 rings (SSSR count). The topological polar surface area (TPSA) is 43.0 Å². The molecule has 3 heterocycles. The Balaban J connectivity index is 1.86. The van der Waals surface area contributed by atoms with E-state index < -0.39 is 0 Å². The molecular weight excluding hydrogens is 346 g/mol.